The molecule has 0 aliphatic rings. The Bertz CT molecular complexity index is 1120. The second kappa shape index (κ2) is 24.6. The molecule has 0 amide bonds. The van der Waals surface area contributed by atoms with Crippen molar-refractivity contribution in [3.05, 3.63) is 56.6 Å². The lowest BCUT2D eigenvalue weighted by molar-refractivity contribution is 0.445. The van der Waals surface area contributed by atoms with Crippen molar-refractivity contribution in [1.29, 1.82) is 0 Å². The van der Waals surface area contributed by atoms with Crippen LogP contribution in [0.5, 0.6) is 11.5 Å². The smallest absolute Gasteiger partial charge is 0.122 e. The van der Waals surface area contributed by atoms with Crippen LogP contribution in [0.3, 0.4) is 0 Å². The predicted molar refractivity (Wildman–Crippen MR) is 220 cm³/mol. The second-order valence-corrected chi connectivity index (χ2v) is 15.7. The number of phenols is 2. The Labute approximate surface area is 310 Å². The third kappa shape index (κ3) is 12.8. The number of hydrogen-bond donors (Lipinski definition) is 3. The van der Waals surface area contributed by atoms with Crippen molar-refractivity contribution in [2.24, 2.45) is 0 Å². The largest absolute Gasteiger partial charge is 0.507 e. The average Bonchev–Trinajstić information content (AvgIpc) is 3.10. The van der Waals surface area contributed by atoms with E-state index in [9.17, 15) is 10.2 Å². The highest BCUT2D eigenvalue weighted by molar-refractivity contribution is 7.80. The zero-order valence-electron chi connectivity index (χ0n) is 33.4. The van der Waals surface area contributed by atoms with Gasteiger partial charge in [0.25, 0.3) is 0 Å². The first-order valence-electron chi connectivity index (χ1n) is 21.1. The van der Waals surface area contributed by atoms with Crippen LogP contribution in [0.2, 0.25) is 0 Å². The summed E-state index contributed by atoms with van der Waals surface area (Å²) in [7, 11) is 0. The summed E-state index contributed by atoms with van der Waals surface area (Å²) >= 11 is 5.28. The molecule has 2 aromatic rings. The van der Waals surface area contributed by atoms with E-state index in [0.29, 0.717) is 11.5 Å². The van der Waals surface area contributed by atoms with E-state index >= 15 is 0 Å². The van der Waals surface area contributed by atoms with Gasteiger partial charge in [-0.3, -0.25) is 0 Å². The van der Waals surface area contributed by atoms with E-state index < -0.39 is 0 Å². The molecule has 280 valence electrons. The zero-order valence-corrected chi connectivity index (χ0v) is 34.3. The number of aromatic hydroxyl groups is 2. The first-order valence-corrected chi connectivity index (χ1v) is 21.7. The Hall–Kier alpha value is -1.61. The fourth-order valence-electron chi connectivity index (χ4n) is 8.13. The molecule has 3 heteroatoms. The first kappa shape index (κ1) is 43.6. The molecule has 0 aromatic heterocycles. The SMILES string of the molecule is CCCCCCCCCCCCCCC(CS)(c1cc(CCCC)c(O)c(CCCC)c1C)c1cc(CCCC)c(O)c(CCCC)c1C. The van der Waals surface area contributed by atoms with Gasteiger partial charge in [0.2, 0.25) is 0 Å². The molecule has 49 heavy (non-hydrogen) atoms. The van der Waals surface area contributed by atoms with Crippen LogP contribution < -0.4 is 0 Å². The van der Waals surface area contributed by atoms with Gasteiger partial charge in [-0.05, 0) is 116 Å². The molecule has 0 fully saturated rings. The highest BCUT2D eigenvalue weighted by Crippen LogP contribution is 2.47. The molecule has 0 unspecified atom stereocenters. The van der Waals surface area contributed by atoms with Gasteiger partial charge in [0.15, 0.2) is 0 Å². The van der Waals surface area contributed by atoms with Gasteiger partial charge >= 0.3 is 0 Å². The van der Waals surface area contributed by atoms with Gasteiger partial charge in [-0.15, -0.1) is 0 Å². The normalized spacial score (nSPS) is 11.9. The van der Waals surface area contributed by atoms with E-state index in [4.69, 9.17) is 12.6 Å². The number of rotatable bonds is 28. The third-order valence-electron chi connectivity index (χ3n) is 11.4. The van der Waals surface area contributed by atoms with E-state index in [0.717, 1.165) is 111 Å². The summed E-state index contributed by atoms with van der Waals surface area (Å²) in [5, 5.41) is 23.3. The summed E-state index contributed by atoms with van der Waals surface area (Å²) < 4.78 is 0. The molecular formula is C46H78O2S. The molecule has 0 aliphatic carbocycles. The summed E-state index contributed by atoms with van der Waals surface area (Å²) in [4.78, 5) is 0. The molecule has 2 nitrogen and oxygen atoms in total. The zero-order chi connectivity index (χ0) is 36.1. The van der Waals surface area contributed by atoms with Gasteiger partial charge in [-0.25, -0.2) is 0 Å². The second-order valence-electron chi connectivity index (χ2n) is 15.4. The monoisotopic (exact) mass is 695 g/mol. The van der Waals surface area contributed by atoms with Crippen LogP contribution >= 0.6 is 12.6 Å². The summed E-state index contributed by atoms with van der Waals surface area (Å²) in [5.74, 6) is 1.80. The van der Waals surface area contributed by atoms with E-state index in [1.165, 1.54) is 99.3 Å². The Balaban J connectivity index is 2.59. The number of aryl methyl sites for hydroxylation is 2. The molecule has 0 bridgehead atoms. The lowest BCUT2D eigenvalue weighted by Crippen LogP contribution is -2.33. The Morgan fingerprint density at radius 3 is 1.14 bits per heavy atom. The maximum atomic E-state index is 11.7. The standard InChI is InChI=1S/C46H78O2S/c1-8-13-18-19-20-21-22-23-24-25-26-27-32-46(35-49,42-33-38(28-14-9-2)44(47)40(36(42)6)30-16-11-4)43-34-39(29-15-10-3)45(48)41(37(43)7)31-17-12-5/h33-34,47-49H,8-32,35H2,1-7H3. The third-order valence-corrected chi connectivity index (χ3v) is 12.0. The highest BCUT2D eigenvalue weighted by atomic mass is 32.1. The Morgan fingerprint density at radius 2 is 0.796 bits per heavy atom. The van der Waals surface area contributed by atoms with Crippen molar-refractivity contribution in [2.45, 2.75) is 214 Å². The lowest BCUT2D eigenvalue weighted by atomic mass is 9.67. The number of hydrogen-bond acceptors (Lipinski definition) is 3. The van der Waals surface area contributed by atoms with Crippen LogP contribution in [0.4, 0.5) is 0 Å². The minimum absolute atomic E-state index is 0.277. The predicted octanol–water partition coefficient (Wildman–Crippen LogP) is 14.4. The molecule has 2 rings (SSSR count). The molecule has 0 aliphatic heterocycles. The molecule has 0 saturated carbocycles. The van der Waals surface area contributed by atoms with Crippen molar-refractivity contribution in [2.75, 3.05) is 5.75 Å². The quantitative estimate of drug-likeness (QED) is 0.0613. The van der Waals surface area contributed by atoms with Gasteiger partial charge in [0, 0.05) is 11.2 Å². The van der Waals surface area contributed by atoms with Gasteiger partial charge < -0.3 is 10.2 Å². The van der Waals surface area contributed by atoms with Gasteiger partial charge in [-0.2, -0.15) is 12.6 Å². The van der Waals surface area contributed by atoms with Crippen molar-refractivity contribution in [3.63, 3.8) is 0 Å². The molecule has 2 N–H and O–H groups in total. The summed E-state index contributed by atoms with van der Waals surface area (Å²) in [6.07, 6.45) is 29.6. The van der Waals surface area contributed by atoms with E-state index in [1.54, 1.807) is 0 Å². The van der Waals surface area contributed by atoms with Crippen molar-refractivity contribution < 1.29 is 10.2 Å². The fourth-order valence-corrected chi connectivity index (χ4v) is 8.63. The maximum Gasteiger partial charge on any atom is 0.122 e. The Kier molecular flexibility index (Phi) is 21.8. The molecule has 0 radical (unpaired) electrons. The number of phenolic OH excluding ortho intramolecular Hbond substituents is 2. The van der Waals surface area contributed by atoms with Crippen LogP contribution in [0.25, 0.3) is 0 Å². The summed E-state index contributed by atoms with van der Waals surface area (Å²) in [5.41, 5.74) is 9.52. The molecular weight excluding hydrogens is 617 g/mol. The fraction of sp³-hybridized carbons (Fsp3) is 0.739. The summed E-state index contributed by atoms with van der Waals surface area (Å²) in [6.45, 7) is 15.8. The Morgan fingerprint density at radius 1 is 0.469 bits per heavy atom. The number of benzene rings is 2. The maximum absolute atomic E-state index is 11.7. The molecule has 0 heterocycles. The minimum Gasteiger partial charge on any atom is -0.507 e. The van der Waals surface area contributed by atoms with Crippen LogP contribution in [0.15, 0.2) is 12.1 Å². The minimum atomic E-state index is -0.277. The number of unbranched alkanes of at least 4 members (excludes halogenated alkanes) is 15. The highest BCUT2D eigenvalue weighted by Gasteiger charge is 2.38. The topological polar surface area (TPSA) is 40.5 Å². The van der Waals surface area contributed by atoms with Crippen molar-refractivity contribution in [3.8, 4) is 11.5 Å². The molecule has 0 atom stereocenters. The van der Waals surface area contributed by atoms with Crippen LogP contribution in [0, 0.1) is 13.8 Å². The van der Waals surface area contributed by atoms with Gasteiger partial charge in [0.05, 0.1) is 0 Å². The summed E-state index contributed by atoms with van der Waals surface area (Å²) in [6, 6.07) is 4.77. The van der Waals surface area contributed by atoms with E-state index in [2.05, 4.69) is 60.6 Å². The number of thiol groups is 1. The van der Waals surface area contributed by atoms with E-state index in [1.807, 2.05) is 0 Å². The average molecular weight is 695 g/mol. The molecule has 2 aromatic carbocycles. The van der Waals surface area contributed by atoms with Gasteiger partial charge in [0.1, 0.15) is 11.5 Å². The molecule has 0 spiro atoms. The van der Waals surface area contributed by atoms with E-state index in [-0.39, 0.29) is 5.41 Å². The van der Waals surface area contributed by atoms with Crippen molar-refractivity contribution >= 4 is 12.6 Å². The lowest BCUT2D eigenvalue weighted by Gasteiger charge is -2.39. The van der Waals surface area contributed by atoms with Crippen molar-refractivity contribution in [1.82, 2.24) is 0 Å². The first-order chi connectivity index (χ1) is 23.8. The van der Waals surface area contributed by atoms with Crippen LogP contribution in [-0.2, 0) is 31.1 Å². The van der Waals surface area contributed by atoms with Crippen LogP contribution in [0.1, 0.15) is 214 Å². The van der Waals surface area contributed by atoms with Crippen LogP contribution in [-0.4, -0.2) is 16.0 Å². The van der Waals surface area contributed by atoms with Gasteiger partial charge in [-0.1, -0.05) is 149 Å². The molecule has 0 saturated heterocycles.